The fraction of sp³-hybridized carbons (Fsp3) is 0.643. The zero-order chi connectivity index (χ0) is 12.3. The van der Waals surface area contributed by atoms with E-state index in [1.807, 2.05) is 6.08 Å². The summed E-state index contributed by atoms with van der Waals surface area (Å²) in [6, 6.07) is 0. The van der Waals surface area contributed by atoms with E-state index in [0.29, 0.717) is 5.92 Å². The highest BCUT2D eigenvalue weighted by atomic mass is 16.5. The number of nitrogens with one attached hydrogen (secondary N) is 1. The first-order valence-electron chi connectivity index (χ1n) is 6.51. The van der Waals surface area contributed by atoms with Gasteiger partial charge in [0.05, 0.1) is 0 Å². The van der Waals surface area contributed by atoms with Crippen LogP contribution in [0.2, 0.25) is 0 Å². The monoisotopic (exact) mass is 237 g/mol. The molecular formula is C14H23NO2. The van der Waals surface area contributed by atoms with Crippen LogP contribution in [0.25, 0.3) is 0 Å². The van der Waals surface area contributed by atoms with Crippen LogP contribution < -0.4 is 5.32 Å². The molecule has 1 heterocycles. The molecule has 1 N–H and O–H groups in total. The Labute approximate surface area is 104 Å². The first-order valence-corrected chi connectivity index (χ1v) is 6.51. The summed E-state index contributed by atoms with van der Waals surface area (Å²) in [4.78, 5) is 11.5. The lowest BCUT2D eigenvalue weighted by molar-refractivity contribution is -0.116. The summed E-state index contributed by atoms with van der Waals surface area (Å²) in [6.07, 6.45) is 11.7. The van der Waals surface area contributed by atoms with E-state index in [9.17, 15) is 4.79 Å². The molecule has 96 valence electrons. The van der Waals surface area contributed by atoms with Gasteiger partial charge in [-0.05, 0) is 25.2 Å². The molecule has 3 nitrogen and oxygen atoms in total. The van der Waals surface area contributed by atoms with Crippen molar-refractivity contribution < 1.29 is 9.53 Å². The number of rotatable bonds is 6. The van der Waals surface area contributed by atoms with Crippen LogP contribution in [0.5, 0.6) is 0 Å². The van der Waals surface area contributed by atoms with Crippen molar-refractivity contribution in [2.24, 2.45) is 5.92 Å². The first kappa shape index (κ1) is 14.0. The van der Waals surface area contributed by atoms with Gasteiger partial charge in [-0.25, -0.2) is 0 Å². The molecule has 1 amide bonds. The maximum Gasteiger partial charge on any atom is 0.243 e. The first-order chi connectivity index (χ1) is 8.33. The molecule has 0 aliphatic carbocycles. The van der Waals surface area contributed by atoms with Crippen molar-refractivity contribution in [3.8, 4) is 0 Å². The molecule has 0 bridgehead atoms. The minimum atomic E-state index is -0.00218. The number of allylic oxidation sites excluding steroid dienone is 3. The molecule has 0 radical (unpaired) electrons. The largest absolute Gasteiger partial charge is 0.381 e. The van der Waals surface area contributed by atoms with Gasteiger partial charge in [0.2, 0.25) is 5.91 Å². The van der Waals surface area contributed by atoms with Crippen LogP contribution in [-0.2, 0) is 9.53 Å². The highest BCUT2D eigenvalue weighted by molar-refractivity contribution is 5.87. The van der Waals surface area contributed by atoms with Crippen molar-refractivity contribution in [3.63, 3.8) is 0 Å². The predicted octanol–water partition coefficient (Wildman–Crippen LogP) is 2.44. The van der Waals surface area contributed by atoms with E-state index in [1.54, 1.807) is 12.2 Å². The molecule has 0 aromatic rings. The summed E-state index contributed by atoms with van der Waals surface area (Å²) in [7, 11) is 0. The third-order valence-electron chi connectivity index (χ3n) is 2.86. The molecule has 17 heavy (non-hydrogen) atoms. The van der Waals surface area contributed by atoms with E-state index < -0.39 is 0 Å². The van der Waals surface area contributed by atoms with Gasteiger partial charge in [-0.3, -0.25) is 4.79 Å². The second kappa shape index (κ2) is 8.99. The van der Waals surface area contributed by atoms with Crippen LogP contribution in [-0.4, -0.2) is 25.7 Å². The van der Waals surface area contributed by atoms with Crippen LogP contribution in [0.15, 0.2) is 24.3 Å². The molecule has 0 unspecified atom stereocenters. The van der Waals surface area contributed by atoms with Gasteiger partial charge in [-0.15, -0.1) is 0 Å². The second-order valence-corrected chi connectivity index (χ2v) is 4.38. The van der Waals surface area contributed by atoms with Crippen LogP contribution in [0, 0.1) is 5.92 Å². The summed E-state index contributed by atoms with van der Waals surface area (Å²) in [5, 5.41) is 2.93. The molecule has 1 fully saturated rings. The number of hydrogen-bond acceptors (Lipinski definition) is 2. The summed E-state index contributed by atoms with van der Waals surface area (Å²) >= 11 is 0. The van der Waals surface area contributed by atoms with Crippen molar-refractivity contribution in [2.45, 2.75) is 32.6 Å². The molecule has 0 aromatic heterocycles. The minimum absolute atomic E-state index is 0.00218. The Morgan fingerprint density at radius 1 is 1.35 bits per heavy atom. The predicted molar refractivity (Wildman–Crippen MR) is 69.7 cm³/mol. The topological polar surface area (TPSA) is 38.3 Å². The third kappa shape index (κ3) is 6.95. The quantitative estimate of drug-likeness (QED) is 0.569. The molecule has 0 aromatic carbocycles. The average molecular weight is 237 g/mol. The third-order valence-corrected chi connectivity index (χ3v) is 2.86. The fourth-order valence-corrected chi connectivity index (χ4v) is 1.74. The molecule has 1 rings (SSSR count). The van der Waals surface area contributed by atoms with E-state index in [1.165, 1.54) is 0 Å². The van der Waals surface area contributed by atoms with Crippen molar-refractivity contribution in [3.05, 3.63) is 24.3 Å². The van der Waals surface area contributed by atoms with Gasteiger partial charge in [-0.2, -0.15) is 0 Å². The number of hydrogen-bond donors (Lipinski definition) is 1. The van der Waals surface area contributed by atoms with Crippen LogP contribution in [0.4, 0.5) is 0 Å². The lowest BCUT2D eigenvalue weighted by Gasteiger charge is -2.21. The smallest absolute Gasteiger partial charge is 0.243 e. The number of carbonyl (C=O) groups excluding carboxylic acids is 1. The van der Waals surface area contributed by atoms with Gasteiger partial charge in [0, 0.05) is 25.8 Å². The Bertz CT molecular complexity index is 265. The zero-order valence-corrected chi connectivity index (χ0v) is 10.7. The number of amides is 1. The van der Waals surface area contributed by atoms with Gasteiger partial charge < -0.3 is 10.1 Å². The molecule has 3 heteroatoms. The number of ether oxygens (including phenoxy) is 1. The van der Waals surface area contributed by atoms with Crippen LogP contribution in [0.3, 0.4) is 0 Å². The minimum Gasteiger partial charge on any atom is -0.381 e. The van der Waals surface area contributed by atoms with Gasteiger partial charge in [0.25, 0.3) is 0 Å². The van der Waals surface area contributed by atoms with E-state index in [0.717, 1.165) is 45.4 Å². The Morgan fingerprint density at radius 3 is 2.82 bits per heavy atom. The maximum atomic E-state index is 11.5. The number of carbonyl (C=O) groups is 1. The van der Waals surface area contributed by atoms with Gasteiger partial charge in [0.15, 0.2) is 0 Å². The fourth-order valence-electron chi connectivity index (χ4n) is 1.74. The van der Waals surface area contributed by atoms with E-state index in [2.05, 4.69) is 18.3 Å². The summed E-state index contributed by atoms with van der Waals surface area (Å²) in [5.74, 6) is 0.578. The molecule has 1 aliphatic heterocycles. The van der Waals surface area contributed by atoms with Crippen molar-refractivity contribution in [1.29, 1.82) is 0 Å². The number of unbranched alkanes of at least 4 members (excludes halogenated alkanes) is 1. The normalized spacial score (nSPS) is 17.9. The SMILES string of the molecule is CCC/C=C/C=C/C(=O)NCC1CCOCC1. The highest BCUT2D eigenvalue weighted by Gasteiger charge is 2.13. The van der Waals surface area contributed by atoms with Crippen LogP contribution >= 0.6 is 0 Å². The molecule has 0 spiro atoms. The van der Waals surface area contributed by atoms with E-state index in [4.69, 9.17) is 4.74 Å². The Balaban J connectivity index is 2.11. The molecule has 0 saturated carbocycles. The molecule has 1 aliphatic rings. The van der Waals surface area contributed by atoms with Gasteiger partial charge in [0.1, 0.15) is 0 Å². The zero-order valence-electron chi connectivity index (χ0n) is 10.7. The highest BCUT2D eigenvalue weighted by Crippen LogP contribution is 2.12. The van der Waals surface area contributed by atoms with Crippen molar-refractivity contribution in [2.75, 3.05) is 19.8 Å². The van der Waals surface area contributed by atoms with Crippen molar-refractivity contribution in [1.82, 2.24) is 5.32 Å². The lowest BCUT2D eigenvalue weighted by atomic mass is 10.0. The maximum absolute atomic E-state index is 11.5. The molecular weight excluding hydrogens is 214 g/mol. The summed E-state index contributed by atoms with van der Waals surface area (Å²) in [5.41, 5.74) is 0. The summed E-state index contributed by atoms with van der Waals surface area (Å²) in [6.45, 7) is 4.56. The molecule has 0 atom stereocenters. The van der Waals surface area contributed by atoms with E-state index in [-0.39, 0.29) is 5.91 Å². The summed E-state index contributed by atoms with van der Waals surface area (Å²) < 4.78 is 5.27. The standard InChI is InChI=1S/C14H23NO2/c1-2-3-4-5-6-7-14(16)15-12-13-8-10-17-11-9-13/h4-7,13H,2-3,8-12H2,1H3,(H,15,16)/b5-4+,7-6+. The van der Waals surface area contributed by atoms with E-state index >= 15 is 0 Å². The lowest BCUT2D eigenvalue weighted by Crippen LogP contribution is -2.31. The Morgan fingerprint density at radius 2 is 2.12 bits per heavy atom. The van der Waals surface area contributed by atoms with Crippen molar-refractivity contribution >= 4 is 5.91 Å². The average Bonchev–Trinajstić information content (AvgIpc) is 2.37. The van der Waals surface area contributed by atoms with Gasteiger partial charge in [-0.1, -0.05) is 31.6 Å². The Hall–Kier alpha value is -1.09. The molecule has 1 saturated heterocycles. The second-order valence-electron chi connectivity index (χ2n) is 4.38. The van der Waals surface area contributed by atoms with Crippen LogP contribution in [0.1, 0.15) is 32.6 Å². The Kier molecular flexibility index (Phi) is 7.39. The van der Waals surface area contributed by atoms with Gasteiger partial charge >= 0.3 is 0 Å².